The van der Waals surface area contributed by atoms with Crippen LogP contribution in [0.1, 0.15) is 25.3 Å². The summed E-state index contributed by atoms with van der Waals surface area (Å²) < 4.78 is 5.53. The molecule has 0 atom stereocenters. The zero-order chi connectivity index (χ0) is 13.7. The highest BCUT2D eigenvalue weighted by Gasteiger charge is 2.07. The lowest BCUT2D eigenvalue weighted by atomic mass is 10.2. The number of anilines is 2. The highest BCUT2D eigenvalue weighted by Crippen LogP contribution is 2.18. The number of aryl methyl sites for hydroxylation is 1. The molecule has 0 saturated carbocycles. The van der Waals surface area contributed by atoms with Gasteiger partial charge in [-0.05, 0) is 31.0 Å². The SMILES string of the molecule is Cc1ccccc1Nc1nnc(CNCC(C)C)o1. The fourth-order valence-corrected chi connectivity index (χ4v) is 1.67. The Morgan fingerprint density at radius 3 is 2.74 bits per heavy atom. The van der Waals surface area contributed by atoms with Crippen LogP contribution in [0.2, 0.25) is 0 Å². The fraction of sp³-hybridized carbons (Fsp3) is 0.429. The molecule has 0 aliphatic carbocycles. The smallest absolute Gasteiger partial charge is 0.320 e. The van der Waals surface area contributed by atoms with Crippen LogP contribution in [0.4, 0.5) is 11.7 Å². The van der Waals surface area contributed by atoms with Gasteiger partial charge in [-0.15, -0.1) is 5.10 Å². The number of hydrogen-bond acceptors (Lipinski definition) is 5. The molecule has 0 amide bonds. The molecule has 0 aliphatic heterocycles. The average molecular weight is 260 g/mol. The van der Waals surface area contributed by atoms with Crippen molar-refractivity contribution in [1.29, 1.82) is 0 Å². The predicted octanol–water partition coefficient (Wildman–Crippen LogP) is 2.87. The van der Waals surface area contributed by atoms with Crippen LogP contribution in [-0.4, -0.2) is 16.7 Å². The van der Waals surface area contributed by atoms with Crippen LogP contribution in [0.25, 0.3) is 0 Å². The summed E-state index contributed by atoms with van der Waals surface area (Å²) in [6.07, 6.45) is 0. The zero-order valence-electron chi connectivity index (χ0n) is 11.6. The van der Waals surface area contributed by atoms with E-state index in [0.29, 0.717) is 24.4 Å². The van der Waals surface area contributed by atoms with Gasteiger partial charge in [-0.2, -0.15) is 0 Å². The van der Waals surface area contributed by atoms with Crippen molar-refractivity contribution in [3.63, 3.8) is 0 Å². The standard InChI is InChI=1S/C14H20N4O/c1-10(2)8-15-9-13-17-18-14(19-13)16-12-7-5-4-6-11(12)3/h4-7,10,15H,8-9H2,1-3H3,(H,16,18). The molecule has 2 rings (SSSR count). The van der Waals surface area contributed by atoms with Crippen LogP contribution in [0.15, 0.2) is 28.7 Å². The molecule has 0 spiro atoms. The van der Waals surface area contributed by atoms with Gasteiger partial charge in [0.05, 0.1) is 6.54 Å². The van der Waals surface area contributed by atoms with Gasteiger partial charge in [-0.1, -0.05) is 37.1 Å². The van der Waals surface area contributed by atoms with E-state index in [1.807, 2.05) is 31.2 Å². The van der Waals surface area contributed by atoms with Gasteiger partial charge in [0.15, 0.2) is 0 Å². The molecule has 2 N–H and O–H groups in total. The topological polar surface area (TPSA) is 63.0 Å². The van der Waals surface area contributed by atoms with E-state index < -0.39 is 0 Å². The van der Waals surface area contributed by atoms with Gasteiger partial charge in [-0.3, -0.25) is 0 Å². The minimum atomic E-state index is 0.427. The number of nitrogens with zero attached hydrogens (tertiary/aromatic N) is 2. The van der Waals surface area contributed by atoms with Crippen LogP contribution in [-0.2, 0) is 6.54 Å². The third-order valence-electron chi connectivity index (χ3n) is 2.68. The van der Waals surface area contributed by atoms with E-state index in [1.165, 1.54) is 0 Å². The fourth-order valence-electron chi connectivity index (χ4n) is 1.67. The molecule has 1 aromatic heterocycles. The normalized spacial score (nSPS) is 10.9. The Bertz CT molecular complexity index is 522. The molecule has 0 bridgehead atoms. The summed E-state index contributed by atoms with van der Waals surface area (Å²) in [5, 5.41) is 14.4. The average Bonchev–Trinajstić information content (AvgIpc) is 2.79. The summed E-state index contributed by atoms with van der Waals surface area (Å²) in [6, 6.07) is 8.41. The van der Waals surface area contributed by atoms with E-state index in [-0.39, 0.29) is 0 Å². The van der Waals surface area contributed by atoms with Crippen molar-refractivity contribution < 1.29 is 4.42 Å². The molecular weight excluding hydrogens is 240 g/mol. The van der Waals surface area contributed by atoms with Crippen LogP contribution < -0.4 is 10.6 Å². The third kappa shape index (κ3) is 4.06. The summed E-state index contributed by atoms with van der Waals surface area (Å²) in [5.41, 5.74) is 2.12. The molecule has 0 aliphatic rings. The number of benzene rings is 1. The van der Waals surface area contributed by atoms with Crippen molar-refractivity contribution in [3.8, 4) is 0 Å². The third-order valence-corrected chi connectivity index (χ3v) is 2.68. The lowest BCUT2D eigenvalue weighted by molar-refractivity contribution is 0.460. The van der Waals surface area contributed by atoms with Crippen molar-refractivity contribution >= 4 is 11.7 Å². The second-order valence-electron chi connectivity index (χ2n) is 4.97. The molecule has 0 radical (unpaired) electrons. The molecule has 19 heavy (non-hydrogen) atoms. The van der Waals surface area contributed by atoms with Gasteiger partial charge in [0.25, 0.3) is 0 Å². The van der Waals surface area contributed by atoms with E-state index in [9.17, 15) is 0 Å². The lowest BCUT2D eigenvalue weighted by Gasteiger charge is -2.05. The Morgan fingerprint density at radius 2 is 2.00 bits per heavy atom. The molecule has 2 aromatic rings. The molecule has 5 heteroatoms. The molecule has 0 saturated heterocycles. The van der Waals surface area contributed by atoms with Crippen LogP contribution in [0, 0.1) is 12.8 Å². The van der Waals surface area contributed by atoms with Crippen LogP contribution in [0.3, 0.4) is 0 Å². The first-order valence-corrected chi connectivity index (χ1v) is 6.51. The highest BCUT2D eigenvalue weighted by atomic mass is 16.4. The Morgan fingerprint density at radius 1 is 1.21 bits per heavy atom. The predicted molar refractivity (Wildman–Crippen MR) is 75.3 cm³/mol. The van der Waals surface area contributed by atoms with E-state index >= 15 is 0 Å². The Hall–Kier alpha value is -1.88. The zero-order valence-corrected chi connectivity index (χ0v) is 11.6. The molecule has 1 aromatic carbocycles. The maximum atomic E-state index is 5.53. The monoisotopic (exact) mass is 260 g/mol. The van der Waals surface area contributed by atoms with Gasteiger partial charge in [0.2, 0.25) is 5.89 Å². The second-order valence-corrected chi connectivity index (χ2v) is 4.97. The highest BCUT2D eigenvalue weighted by molar-refractivity contribution is 5.56. The van der Waals surface area contributed by atoms with Gasteiger partial charge >= 0.3 is 6.01 Å². The Balaban J connectivity index is 1.92. The van der Waals surface area contributed by atoms with E-state index in [4.69, 9.17) is 4.42 Å². The van der Waals surface area contributed by atoms with Crippen molar-refractivity contribution in [2.75, 3.05) is 11.9 Å². The number of hydrogen-bond donors (Lipinski definition) is 2. The first kappa shape index (κ1) is 13.5. The molecular formula is C14H20N4O. The first-order chi connectivity index (χ1) is 9.15. The van der Waals surface area contributed by atoms with Crippen molar-refractivity contribution in [1.82, 2.24) is 15.5 Å². The second kappa shape index (κ2) is 6.33. The van der Waals surface area contributed by atoms with Crippen molar-refractivity contribution in [2.45, 2.75) is 27.3 Å². The molecule has 0 fully saturated rings. The number of rotatable bonds is 6. The molecule has 0 unspecified atom stereocenters. The van der Waals surface area contributed by atoms with Crippen LogP contribution >= 0.6 is 0 Å². The van der Waals surface area contributed by atoms with Gasteiger partial charge in [-0.25, -0.2) is 0 Å². The minimum absolute atomic E-state index is 0.427. The van der Waals surface area contributed by atoms with E-state index in [1.54, 1.807) is 0 Å². The summed E-state index contributed by atoms with van der Waals surface area (Å²) in [4.78, 5) is 0. The Kier molecular flexibility index (Phi) is 4.52. The Labute approximate surface area is 113 Å². The van der Waals surface area contributed by atoms with Gasteiger partial charge < -0.3 is 15.1 Å². The quantitative estimate of drug-likeness (QED) is 0.836. The summed E-state index contributed by atoms with van der Waals surface area (Å²) in [6.45, 7) is 7.88. The minimum Gasteiger partial charge on any atom is -0.406 e. The van der Waals surface area contributed by atoms with E-state index in [2.05, 4.69) is 34.7 Å². The van der Waals surface area contributed by atoms with Gasteiger partial charge in [0, 0.05) is 5.69 Å². The van der Waals surface area contributed by atoms with Crippen LogP contribution in [0.5, 0.6) is 0 Å². The summed E-state index contributed by atoms with van der Waals surface area (Å²) in [7, 11) is 0. The lowest BCUT2D eigenvalue weighted by Crippen LogP contribution is -2.19. The molecule has 1 heterocycles. The van der Waals surface area contributed by atoms with E-state index in [0.717, 1.165) is 17.8 Å². The summed E-state index contributed by atoms with van der Waals surface area (Å²) >= 11 is 0. The number of nitrogens with one attached hydrogen (secondary N) is 2. The summed E-state index contributed by atoms with van der Waals surface area (Å²) in [5.74, 6) is 1.20. The molecule has 5 nitrogen and oxygen atoms in total. The number of aromatic nitrogens is 2. The first-order valence-electron chi connectivity index (χ1n) is 6.51. The maximum absolute atomic E-state index is 5.53. The molecule has 102 valence electrons. The van der Waals surface area contributed by atoms with Crippen molar-refractivity contribution in [3.05, 3.63) is 35.7 Å². The van der Waals surface area contributed by atoms with Gasteiger partial charge in [0.1, 0.15) is 0 Å². The maximum Gasteiger partial charge on any atom is 0.320 e. The number of para-hydroxylation sites is 1. The van der Waals surface area contributed by atoms with Crippen molar-refractivity contribution in [2.24, 2.45) is 5.92 Å². The largest absolute Gasteiger partial charge is 0.406 e.